The molecule has 1 aliphatic rings. The summed E-state index contributed by atoms with van der Waals surface area (Å²) in [4.78, 5) is 14.0. The SMILES string of the molecule is C[C@H](CNC(=O)Nc1cccc(COC[C@@H]2CCCCO2)c1)N(C)C. The highest BCUT2D eigenvalue weighted by Crippen LogP contribution is 2.15. The minimum atomic E-state index is -0.192. The molecule has 0 aromatic heterocycles. The fourth-order valence-corrected chi connectivity index (χ4v) is 2.58. The van der Waals surface area contributed by atoms with Gasteiger partial charge in [-0.3, -0.25) is 0 Å². The third-order valence-electron chi connectivity index (χ3n) is 4.47. The van der Waals surface area contributed by atoms with Crippen molar-refractivity contribution in [2.45, 2.75) is 44.9 Å². The van der Waals surface area contributed by atoms with Crippen molar-refractivity contribution in [3.63, 3.8) is 0 Å². The molecule has 0 aliphatic carbocycles. The molecule has 0 bridgehead atoms. The number of amides is 2. The Morgan fingerprint density at radius 1 is 1.40 bits per heavy atom. The summed E-state index contributed by atoms with van der Waals surface area (Å²) in [5.41, 5.74) is 1.81. The van der Waals surface area contributed by atoms with E-state index in [0.29, 0.717) is 19.8 Å². The van der Waals surface area contributed by atoms with Gasteiger partial charge in [0.2, 0.25) is 0 Å². The summed E-state index contributed by atoms with van der Waals surface area (Å²) in [5, 5.41) is 5.75. The number of rotatable bonds is 8. The van der Waals surface area contributed by atoms with Gasteiger partial charge in [-0.05, 0) is 58.0 Å². The molecule has 2 N–H and O–H groups in total. The van der Waals surface area contributed by atoms with E-state index in [-0.39, 0.29) is 18.2 Å². The predicted molar refractivity (Wildman–Crippen MR) is 99.9 cm³/mol. The first-order valence-electron chi connectivity index (χ1n) is 9.04. The van der Waals surface area contributed by atoms with Crippen LogP contribution in [-0.4, -0.2) is 56.9 Å². The maximum atomic E-state index is 12.0. The smallest absolute Gasteiger partial charge is 0.319 e. The number of urea groups is 1. The van der Waals surface area contributed by atoms with Gasteiger partial charge in [0.15, 0.2) is 0 Å². The molecule has 6 nitrogen and oxygen atoms in total. The molecule has 1 fully saturated rings. The lowest BCUT2D eigenvalue weighted by molar-refractivity contribution is -0.0447. The van der Waals surface area contributed by atoms with Crippen molar-refractivity contribution in [1.29, 1.82) is 0 Å². The van der Waals surface area contributed by atoms with Crippen molar-refractivity contribution in [2.24, 2.45) is 0 Å². The van der Waals surface area contributed by atoms with E-state index in [4.69, 9.17) is 9.47 Å². The Morgan fingerprint density at radius 2 is 2.24 bits per heavy atom. The summed E-state index contributed by atoms with van der Waals surface area (Å²) in [6, 6.07) is 7.83. The molecule has 1 saturated heterocycles. The minimum absolute atomic E-state index is 0.192. The monoisotopic (exact) mass is 349 g/mol. The van der Waals surface area contributed by atoms with E-state index in [1.54, 1.807) is 0 Å². The fourth-order valence-electron chi connectivity index (χ4n) is 2.58. The van der Waals surface area contributed by atoms with E-state index < -0.39 is 0 Å². The summed E-state index contributed by atoms with van der Waals surface area (Å²) in [6.45, 7) is 4.65. The molecule has 1 heterocycles. The highest BCUT2D eigenvalue weighted by atomic mass is 16.5. The number of carbonyl (C=O) groups is 1. The zero-order valence-electron chi connectivity index (χ0n) is 15.6. The van der Waals surface area contributed by atoms with Crippen molar-refractivity contribution < 1.29 is 14.3 Å². The van der Waals surface area contributed by atoms with E-state index in [2.05, 4.69) is 22.5 Å². The summed E-state index contributed by atoms with van der Waals surface area (Å²) in [5.74, 6) is 0. The predicted octanol–water partition coefficient (Wildman–Crippen LogP) is 2.84. The van der Waals surface area contributed by atoms with Gasteiger partial charge in [-0.15, -0.1) is 0 Å². The van der Waals surface area contributed by atoms with Gasteiger partial charge in [-0.2, -0.15) is 0 Å². The average molecular weight is 349 g/mol. The quantitative estimate of drug-likeness (QED) is 0.757. The molecule has 0 unspecified atom stereocenters. The van der Waals surface area contributed by atoms with Gasteiger partial charge in [0.1, 0.15) is 0 Å². The second-order valence-corrected chi connectivity index (χ2v) is 6.85. The summed E-state index contributed by atoms with van der Waals surface area (Å²) in [6.07, 6.45) is 3.67. The summed E-state index contributed by atoms with van der Waals surface area (Å²) in [7, 11) is 3.98. The van der Waals surface area contributed by atoms with E-state index in [0.717, 1.165) is 30.7 Å². The first-order valence-corrected chi connectivity index (χ1v) is 9.04. The van der Waals surface area contributed by atoms with Crippen molar-refractivity contribution in [3.8, 4) is 0 Å². The molecule has 0 saturated carbocycles. The van der Waals surface area contributed by atoms with Crippen molar-refractivity contribution in [2.75, 3.05) is 39.2 Å². The van der Waals surface area contributed by atoms with Gasteiger partial charge in [-0.1, -0.05) is 12.1 Å². The number of ether oxygens (including phenoxy) is 2. The molecule has 0 radical (unpaired) electrons. The second-order valence-electron chi connectivity index (χ2n) is 6.85. The van der Waals surface area contributed by atoms with Crippen LogP contribution in [0.25, 0.3) is 0 Å². The van der Waals surface area contributed by atoms with Gasteiger partial charge < -0.3 is 25.0 Å². The van der Waals surface area contributed by atoms with Crippen molar-refractivity contribution in [3.05, 3.63) is 29.8 Å². The molecule has 1 aliphatic heterocycles. The van der Waals surface area contributed by atoms with Crippen LogP contribution < -0.4 is 10.6 Å². The van der Waals surface area contributed by atoms with Crippen molar-refractivity contribution >= 4 is 11.7 Å². The standard InChI is InChI=1S/C19H31N3O3/c1-15(22(2)3)12-20-19(23)21-17-8-6-7-16(11-17)13-24-14-18-9-4-5-10-25-18/h6-8,11,15,18H,4-5,9-10,12-14H2,1-3H3,(H2,20,21,23)/t15-,18+/m1/s1. The van der Waals surface area contributed by atoms with Crippen LogP contribution in [0, 0.1) is 0 Å². The van der Waals surface area contributed by atoms with Gasteiger partial charge >= 0.3 is 6.03 Å². The fraction of sp³-hybridized carbons (Fsp3) is 0.632. The van der Waals surface area contributed by atoms with E-state index in [9.17, 15) is 4.79 Å². The average Bonchev–Trinajstić information content (AvgIpc) is 2.61. The van der Waals surface area contributed by atoms with Crippen LogP contribution in [0.3, 0.4) is 0 Å². The number of benzene rings is 1. The molecule has 2 atom stereocenters. The minimum Gasteiger partial charge on any atom is -0.376 e. The third-order valence-corrected chi connectivity index (χ3v) is 4.47. The van der Waals surface area contributed by atoms with Crippen LogP contribution in [0.15, 0.2) is 24.3 Å². The number of nitrogens with zero attached hydrogens (tertiary/aromatic N) is 1. The normalized spacial score (nSPS) is 18.8. The van der Waals surface area contributed by atoms with Crippen LogP contribution in [0.2, 0.25) is 0 Å². The molecular weight excluding hydrogens is 318 g/mol. The topological polar surface area (TPSA) is 62.8 Å². The van der Waals surface area contributed by atoms with Crippen LogP contribution in [0.5, 0.6) is 0 Å². The zero-order valence-corrected chi connectivity index (χ0v) is 15.6. The Morgan fingerprint density at radius 3 is 2.96 bits per heavy atom. The molecule has 1 aromatic carbocycles. The highest BCUT2D eigenvalue weighted by Gasteiger charge is 2.13. The van der Waals surface area contributed by atoms with E-state index in [1.807, 2.05) is 38.4 Å². The number of anilines is 1. The highest BCUT2D eigenvalue weighted by molar-refractivity contribution is 5.89. The first-order chi connectivity index (χ1) is 12.0. The molecule has 2 amide bonds. The Kier molecular flexibility index (Phi) is 8.18. The maximum absolute atomic E-state index is 12.0. The second kappa shape index (κ2) is 10.4. The molecule has 0 spiro atoms. The molecule has 6 heteroatoms. The Hall–Kier alpha value is -1.63. The van der Waals surface area contributed by atoms with Crippen LogP contribution >= 0.6 is 0 Å². The number of likely N-dealkylation sites (N-methyl/N-ethyl adjacent to an activating group) is 1. The lowest BCUT2D eigenvalue weighted by Gasteiger charge is -2.22. The first kappa shape index (κ1) is 19.7. The zero-order chi connectivity index (χ0) is 18.1. The molecular formula is C19H31N3O3. The van der Waals surface area contributed by atoms with Gasteiger partial charge in [0.05, 0.1) is 19.3 Å². The van der Waals surface area contributed by atoms with Crippen molar-refractivity contribution in [1.82, 2.24) is 10.2 Å². The summed E-state index contributed by atoms with van der Waals surface area (Å²) < 4.78 is 11.4. The van der Waals surface area contributed by atoms with Crippen LogP contribution in [0.4, 0.5) is 10.5 Å². The molecule has 140 valence electrons. The molecule has 25 heavy (non-hydrogen) atoms. The molecule has 1 aromatic rings. The van der Waals surface area contributed by atoms with Crippen LogP contribution in [-0.2, 0) is 16.1 Å². The van der Waals surface area contributed by atoms with Gasteiger partial charge in [0.25, 0.3) is 0 Å². The Labute approximate surface area is 150 Å². The van der Waals surface area contributed by atoms with Crippen LogP contribution in [0.1, 0.15) is 31.7 Å². The number of hydrogen-bond acceptors (Lipinski definition) is 4. The lowest BCUT2D eigenvalue weighted by atomic mass is 10.1. The Balaban J connectivity index is 1.73. The number of hydrogen-bond donors (Lipinski definition) is 2. The maximum Gasteiger partial charge on any atom is 0.319 e. The van der Waals surface area contributed by atoms with E-state index in [1.165, 1.54) is 6.42 Å². The largest absolute Gasteiger partial charge is 0.376 e. The molecule has 2 rings (SSSR count). The summed E-state index contributed by atoms with van der Waals surface area (Å²) >= 11 is 0. The number of carbonyl (C=O) groups excluding carboxylic acids is 1. The number of nitrogens with one attached hydrogen (secondary N) is 2. The van der Waals surface area contributed by atoms with E-state index >= 15 is 0 Å². The van der Waals surface area contributed by atoms with Gasteiger partial charge in [-0.25, -0.2) is 4.79 Å². The third kappa shape index (κ3) is 7.42. The Bertz CT molecular complexity index is 530. The lowest BCUT2D eigenvalue weighted by Crippen LogP contribution is -2.40. The van der Waals surface area contributed by atoms with Gasteiger partial charge in [0, 0.05) is 24.9 Å².